The molecule has 0 aliphatic carbocycles. The monoisotopic (exact) mass is 748 g/mol. The summed E-state index contributed by atoms with van der Waals surface area (Å²) in [7, 11) is 0. The van der Waals surface area contributed by atoms with Crippen LogP contribution in [-0.2, 0) is 39.0 Å². The van der Waals surface area contributed by atoms with Crippen molar-refractivity contribution in [2.24, 2.45) is 10.2 Å². The Hall–Kier alpha value is -6.61. The van der Waals surface area contributed by atoms with Gasteiger partial charge in [0.25, 0.3) is 0 Å². The number of azo groups is 1. The van der Waals surface area contributed by atoms with E-state index >= 15 is 0 Å². The third kappa shape index (κ3) is 11.5. The molecule has 0 spiro atoms. The van der Waals surface area contributed by atoms with E-state index in [2.05, 4.69) is 132 Å². The topological polar surface area (TPSA) is 99.5 Å². The molecule has 0 fully saturated rings. The second-order valence-corrected chi connectivity index (χ2v) is 13.7. The molecular weight excluding hydrogens is 701 g/mol. The zero-order chi connectivity index (χ0) is 38.7. The zero-order valence-electron chi connectivity index (χ0n) is 32.1. The summed E-state index contributed by atoms with van der Waals surface area (Å²) < 4.78 is 0. The maximum absolute atomic E-state index is 4.18. The van der Waals surface area contributed by atoms with Crippen LogP contribution in [0.4, 0.5) is 11.4 Å². The molecule has 6 heterocycles. The van der Waals surface area contributed by atoms with Gasteiger partial charge in [-0.25, -0.2) is 0 Å². The first-order valence-corrected chi connectivity index (χ1v) is 19.6. The van der Waals surface area contributed by atoms with E-state index < -0.39 is 0 Å². The van der Waals surface area contributed by atoms with Crippen molar-refractivity contribution < 1.29 is 0 Å². The van der Waals surface area contributed by atoms with Gasteiger partial charge < -0.3 is 16.0 Å². The highest BCUT2D eigenvalue weighted by Crippen LogP contribution is 2.25. The smallest absolute Gasteiger partial charge is 0.0904 e. The summed E-state index contributed by atoms with van der Waals surface area (Å²) in [4.78, 5) is 12.4. The lowest BCUT2D eigenvalue weighted by atomic mass is 10.0. The number of anilines is 1. The molecule has 8 heteroatoms. The molecule has 3 N–H and O–H groups in total. The number of para-hydroxylation sites is 4. The van der Waals surface area contributed by atoms with E-state index in [-0.39, 0.29) is 0 Å². The molecular formula is C49H48N8. The van der Waals surface area contributed by atoms with E-state index in [4.69, 9.17) is 0 Å². The van der Waals surface area contributed by atoms with E-state index in [9.17, 15) is 0 Å². The minimum atomic E-state index is 0.760. The van der Waals surface area contributed by atoms with Crippen molar-refractivity contribution in [2.45, 2.75) is 39.0 Å². The minimum Gasteiger partial charge on any atom is -0.384 e. The lowest BCUT2D eigenvalue weighted by molar-refractivity contribution is 0.644. The number of benzene rings is 6. The van der Waals surface area contributed by atoms with Crippen LogP contribution in [-0.4, -0.2) is 28.0 Å². The summed E-state index contributed by atoms with van der Waals surface area (Å²) in [6, 6.07) is 53.5. The average Bonchev–Trinajstić information content (AvgIpc) is 4.10. The summed E-state index contributed by atoms with van der Waals surface area (Å²) in [5, 5.41) is 18.9. The minimum absolute atomic E-state index is 0.760. The molecule has 57 heavy (non-hydrogen) atoms. The van der Waals surface area contributed by atoms with E-state index in [1.807, 2.05) is 72.9 Å². The van der Waals surface area contributed by atoms with Crippen molar-refractivity contribution in [3.8, 4) is 0 Å². The van der Waals surface area contributed by atoms with Crippen molar-refractivity contribution in [1.29, 1.82) is 0 Å². The number of hydrogen-bond donors (Lipinski definition) is 3. The average molecular weight is 749 g/mol. The van der Waals surface area contributed by atoms with Crippen molar-refractivity contribution in [3.63, 3.8) is 0 Å². The molecule has 0 radical (unpaired) electrons. The quantitative estimate of drug-likeness (QED) is 0.143. The second-order valence-electron chi connectivity index (χ2n) is 13.7. The summed E-state index contributed by atoms with van der Waals surface area (Å²) in [6.07, 6.45) is 7.58. The molecule has 0 atom stereocenters. The van der Waals surface area contributed by atoms with Crippen LogP contribution in [0.15, 0.2) is 187 Å². The Balaban J connectivity index is 0.000000105. The highest BCUT2D eigenvalue weighted by molar-refractivity contribution is 5.77. The maximum atomic E-state index is 4.18. The standard InChI is InChI=1S/C9H7N.C9H11N.C8H6N2.2C8H9N.C7H6N2/c1-2-6-9-8(4-1)5-3-7-10-9;1-2-4-9-7-10-6-5-8(9)3-1;1-2-4-8-7(3-1)9-5-6-10-8;1-2-4-8-6-9-5-7(8)3-1;1-2-4-8-7(3-1)5-6-9-8;1-2-4-7-6(3-1)5-8-9-7/h1-7H;1-4,10H,5-7H2;1-6H;2*1-4,9H,5-6H2;1-4H,5H2. The molecule has 12 rings (SSSR count). The first-order chi connectivity index (χ1) is 28.3. The Morgan fingerprint density at radius 2 is 0.895 bits per heavy atom. The summed E-state index contributed by atoms with van der Waals surface area (Å²) in [5.41, 5.74) is 13.9. The highest BCUT2D eigenvalue weighted by Gasteiger charge is 2.08. The predicted octanol–water partition coefficient (Wildman–Crippen LogP) is 10.4. The summed E-state index contributed by atoms with van der Waals surface area (Å²) in [6.45, 7) is 6.16. The van der Waals surface area contributed by atoms with Crippen LogP contribution in [0.5, 0.6) is 0 Å². The van der Waals surface area contributed by atoms with Gasteiger partial charge in [0.2, 0.25) is 0 Å². The molecule has 8 aromatic rings. The number of nitrogens with one attached hydrogen (secondary N) is 3. The van der Waals surface area contributed by atoms with E-state index in [1.54, 1.807) is 12.4 Å². The Morgan fingerprint density at radius 3 is 1.56 bits per heavy atom. The third-order valence-corrected chi connectivity index (χ3v) is 9.78. The SMILES string of the molecule is c1ccc2c(c1)CCN2.c1ccc2c(c1)CCNC2.c1ccc2c(c1)CN=N2.c1ccc2c(c1)CNC2.c1ccc2ncccc2c1.c1ccc2nccnc2c1. The van der Waals surface area contributed by atoms with E-state index in [1.165, 1.54) is 57.3 Å². The van der Waals surface area contributed by atoms with Gasteiger partial charge >= 0.3 is 0 Å². The molecule has 2 aromatic heterocycles. The third-order valence-electron chi connectivity index (χ3n) is 9.78. The Labute approximate surface area is 335 Å². The van der Waals surface area contributed by atoms with Crippen molar-refractivity contribution >= 4 is 33.3 Å². The number of nitrogens with zero attached hydrogens (tertiary/aromatic N) is 5. The molecule has 0 bridgehead atoms. The lowest BCUT2D eigenvalue weighted by Gasteiger charge is -2.15. The maximum Gasteiger partial charge on any atom is 0.0904 e. The molecule has 0 saturated carbocycles. The first kappa shape index (κ1) is 38.7. The van der Waals surface area contributed by atoms with Gasteiger partial charge in [-0.1, -0.05) is 121 Å². The predicted molar refractivity (Wildman–Crippen MR) is 233 cm³/mol. The number of rotatable bonds is 0. The molecule has 0 unspecified atom stereocenters. The fourth-order valence-corrected chi connectivity index (χ4v) is 6.75. The molecule has 8 nitrogen and oxygen atoms in total. The number of pyridine rings is 1. The van der Waals surface area contributed by atoms with Crippen molar-refractivity contribution in [2.75, 3.05) is 18.4 Å². The number of aromatic nitrogens is 3. The first-order valence-electron chi connectivity index (χ1n) is 19.6. The number of fused-ring (bicyclic) bond motifs is 6. The number of hydrogen-bond acceptors (Lipinski definition) is 8. The van der Waals surface area contributed by atoms with Crippen LogP contribution in [0.2, 0.25) is 0 Å². The van der Waals surface area contributed by atoms with Crippen molar-refractivity contribution in [3.05, 3.63) is 210 Å². The van der Waals surface area contributed by atoms with Crippen LogP contribution < -0.4 is 16.0 Å². The van der Waals surface area contributed by atoms with Gasteiger partial charge in [0.05, 0.1) is 28.8 Å². The van der Waals surface area contributed by atoms with Crippen LogP contribution in [0, 0.1) is 0 Å². The molecule has 6 aromatic carbocycles. The normalized spacial score (nSPS) is 13.3. The Bertz CT molecular complexity index is 2160. The lowest BCUT2D eigenvalue weighted by Crippen LogP contribution is -2.23. The molecule has 4 aliphatic heterocycles. The Kier molecular flexibility index (Phi) is 14.2. The van der Waals surface area contributed by atoms with Crippen LogP contribution in [0.1, 0.15) is 33.4 Å². The van der Waals surface area contributed by atoms with Crippen LogP contribution in [0.3, 0.4) is 0 Å². The fraction of sp³-hybridized carbons (Fsp3) is 0.163. The van der Waals surface area contributed by atoms with Crippen LogP contribution in [0.25, 0.3) is 21.9 Å². The van der Waals surface area contributed by atoms with Gasteiger partial charge in [-0.05, 0) is 83.6 Å². The Morgan fingerprint density at radius 1 is 0.386 bits per heavy atom. The highest BCUT2D eigenvalue weighted by atomic mass is 15.1. The molecule has 284 valence electrons. The van der Waals surface area contributed by atoms with Gasteiger partial charge in [-0.15, -0.1) is 0 Å². The fourth-order valence-electron chi connectivity index (χ4n) is 6.75. The van der Waals surface area contributed by atoms with Crippen molar-refractivity contribution in [1.82, 2.24) is 25.6 Å². The van der Waals surface area contributed by atoms with Gasteiger partial charge in [-0.2, -0.15) is 10.2 Å². The van der Waals surface area contributed by atoms with Crippen LogP contribution >= 0.6 is 0 Å². The molecule has 4 aliphatic rings. The largest absolute Gasteiger partial charge is 0.384 e. The zero-order valence-corrected chi connectivity index (χ0v) is 32.1. The van der Waals surface area contributed by atoms with Gasteiger partial charge in [0.15, 0.2) is 0 Å². The van der Waals surface area contributed by atoms with E-state index in [0.29, 0.717) is 0 Å². The molecule has 0 saturated heterocycles. The second kappa shape index (κ2) is 20.9. The summed E-state index contributed by atoms with van der Waals surface area (Å²) in [5.74, 6) is 0. The van der Waals surface area contributed by atoms with Gasteiger partial charge in [0.1, 0.15) is 0 Å². The van der Waals surface area contributed by atoms with E-state index in [0.717, 1.165) is 61.5 Å². The summed E-state index contributed by atoms with van der Waals surface area (Å²) >= 11 is 0. The van der Waals surface area contributed by atoms with Gasteiger partial charge in [0, 0.05) is 61.4 Å². The van der Waals surface area contributed by atoms with Gasteiger partial charge in [-0.3, -0.25) is 15.0 Å². The molecule has 0 amide bonds.